The van der Waals surface area contributed by atoms with E-state index in [1.165, 1.54) is 63.5 Å². The molecule has 0 fully saturated rings. The van der Waals surface area contributed by atoms with Crippen LogP contribution in [0.2, 0.25) is 0 Å². The Hall–Kier alpha value is -6.99. The molecule has 18 bridgehead atoms. The summed E-state index contributed by atoms with van der Waals surface area (Å²) in [6.07, 6.45) is 5.06. The molecule has 9 aromatic rings. The summed E-state index contributed by atoms with van der Waals surface area (Å²) < 4.78 is 0. The van der Waals surface area contributed by atoms with Gasteiger partial charge in [0.25, 0.3) is 0 Å². The van der Waals surface area contributed by atoms with E-state index in [9.17, 15) is 0 Å². The second-order valence-electron chi connectivity index (χ2n) is 16.5. The Morgan fingerprint density at radius 2 is 0.485 bits per heavy atom. The standard InChI is InChI=1S/C54H39N9S3/c1-4-61-43-13-7-31-19-49(43)64-50-20-32(8-14-44(50)61)38-26-40(58-29-56-38)34-10-16-46-52(22-34)66-54-24-36(12-18-48(54)63(46)6-3)42-27-41(59-30-60-42)35-11-17-47-53(23-35)65-51-21-33(9-15-45(51)62(47)5-2)39-25-37(31)55-28-57-39/h7-30H,4-6H2,1-3H3. The molecule has 0 saturated heterocycles. The van der Waals surface area contributed by atoms with E-state index >= 15 is 0 Å². The average Bonchev–Trinajstić information content (AvgIpc) is 3.37. The van der Waals surface area contributed by atoms with Crippen molar-refractivity contribution in [3.05, 3.63) is 146 Å². The number of benzene rings is 6. The number of hydrogen-bond acceptors (Lipinski definition) is 12. The summed E-state index contributed by atoms with van der Waals surface area (Å²) in [5.41, 5.74) is 18.7. The molecule has 0 radical (unpaired) electrons. The van der Waals surface area contributed by atoms with Gasteiger partial charge in [-0.2, -0.15) is 0 Å². The highest BCUT2D eigenvalue weighted by atomic mass is 32.2. The molecule has 7 heterocycles. The van der Waals surface area contributed by atoms with Crippen molar-refractivity contribution in [3.63, 3.8) is 0 Å². The first-order valence-electron chi connectivity index (χ1n) is 22.2. The van der Waals surface area contributed by atoms with E-state index in [0.717, 1.165) is 87.2 Å². The topological polar surface area (TPSA) is 87.1 Å². The number of hydrogen-bond donors (Lipinski definition) is 0. The predicted molar refractivity (Wildman–Crippen MR) is 269 cm³/mol. The summed E-state index contributed by atoms with van der Waals surface area (Å²) >= 11 is 5.39. The number of nitrogens with zero attached hydrogens (tertiary/aromatic N) is 9. The Balaban J connectivity index is 0.967. The SMILES string of the molecule is CCN1c2ccc3cc2Sc2cc(ccc21)-c1cc(ncn1)-c1ccc2c(c1)Sc1cc(ccc1N2CC)-c1cc(ncn1)-c1ccc2c(c1)Sc1cc(ccc1N2CC)-c1cc-3ncn1. The fourth-order valence-electron chi connectivity index (χ4n) is 9.66. The molecule has 0 saturated carbocycles. The lowest BCUT2D eigenvalue weighted by molar-refractivity contribution is 0.978. The smallest absolute Gasteiger partial charge is 0.116 e. The molecular weight excluding hydrogens is 871 g/mol. The summed E-state index contributed by atoms with van der Waals surface area (Å²) in [6, 6.07) is 46.5. The van der Waals surface area contributed by atoms with Gasteiger partial charge in [-0.3, -0.25) is 0 Å². The van der Waals surface area contributed by atoms with Crippen molar-refractivity contribution in [1.82, 2.24) is 29.9 Å². The quantitative estimate of drug-likeness (QED) is 0.169. The fraction of sp³-hybridized carbons (Fsp3) is 0.111. The van der Waals surface area contributed by atoms with E-state index in [0.29, 0.717) is 0 Å². The third kappa shape index (κ3) is 6.41. The Labute approximate surface area is 395 Å². The van der Waals surface area contributed by atoms with Crippen molar-refractivity contribution >= 4 is 69.4 Å². The molecule has 0 N–H and O–H groups in total. The van der Waals surface area contributed by atoms with Gasteiger partial charge in [0.05, 0.1) is 68.3 Å². The highest BCUT2D eigenvalue weighted by Gasteiger charge is 2.28. The molecule has 0 unspecified atom stereocenters. The van der Waals surface area contributed by atoms with Gasteiger partial charge in [0.1, 0.15) is 19.0 Å². The van der Waals surface area contributed by atoms with Gasteiger partial charge in [-0.05, 0) is 112 Å². The number of anilines is 6. The van der Waals surface area contributed by atoms with Crippen LogP contribution in [0.4, 0.5) is 34.1 Å². The van der Waals surface area contributed by atoms with Crippen molar-refractivity contribution in [1.29, 1.82) is 0 Å². The minimum atomic E-state index is 0.838. The third-order valence-electron chi connectivity index (χ3n) is 12.9. The first-order chi connectivity index (χ1) is 32.5. The van der Waals surface area contributed by atoms with Crippen LogP contribution in [0.5, 0.6) is 0 Å². The van der Waals surface area contributed by atoms with Crippen LogP contribution in [0.3, 0.4) is 0 Å². The van der Waals surface area contributed by atoms with Crippen LogP contribution in [-0.4, -0.2) is 49.5 Å². The van der Waals surface area contributed by atoms with Gasteiger partial charge < -0.3 is 14.7 Å². The first-order valence-corrected chi connectivity index (χ1v) is 24.6. The monoisotopic (exact) mass is 909 g/mol. The molecule has 4 aliphatic rings. The number of aromatic nitrogens is 6. The molecule has 9 nitrogen and oxygen atoms in total. The van der Waals surface area contributed by atoms with Crippen molar-refractivity contribution in [2.24, 2.45) is 0 Å². The minimum Gasteiger partial charge on any atom is -0.340 e. The average molecular weight is 910 g/mol. The van der Waals surface area contributed by atoms with E-state index in [1.807, 2.05) is 0 Å². The molecule has 0 amide bonds. The molecule has 66 heavy (non-hydrogen) atoms. The predicted octanol–water partition coefficient (Wildman–Crippen LogP) is 14.2. The zero-order valence-corrected chi connectivity index (χ0v) is 38.7. The molecular formula is C54H39N9S3. The molecule has 0 spiro atoms. The second-order valence-corrected chi connectivity index (χ2v) is 19.8. The summed E-state index contributed by atoms with van der Waals surface area (Å²) in [7, 11) is 0. The zero-order valence-electron chi connectivity index (χ0n) is 36.2. The highest BCUT2D eigenvalue weighted by molar-refractivity contribution is 8.00. The fourth-order valence-corrected chi connectivity index (χ4v) is 13.2. The lowest BCUT2D eigenvalue weighted by atomic mass is 10.0. The van der Waals surface area contributed by atoms with Gasteiger partial charge in [-0.25, -0.2) is 29.9 Å². The van der Waals surface area contributed by atoms with Gasteiger partial charge in [-0.15, -0.1) is 0 Å². The van der Waals surface area contributed by atoms with Crippen molar-refractivity contribution in [2.75, 3.05) is 34.3 Å². The molecule has 318 valence electrons. The summed E-state index contributed by atoms with van der Waals surface area (Å²) in [4.78, 5) is 43.2. The van der Waals surface area contributed by atoms with Crippen LogP contribution in [0.25, 0.3) is 67.5 Å². The lowest BCUT2D eigenvalue weighted by Crippen LogP contribution is -2.20. The lowest BCUT2D eigenvalue weighted by Gasteiger charge is -2.32. The van der Waals surface area contributed by atoms with E-state index in [-0.39, 0.29) is 0 Å². The second kappa shape index (κ2) is 15.6. The Kier molecular flexibility index (Phi) is 9.30. The zero-order chi connectivity index (χ0) is 44.0. The van der Waals surface area contributed by atoms with Gasteiger partial charge in [0.15, 0.2) is 0 Å². The molecule has 4 aliphatic heterocycles. The van der Waals surface area contributed by atoms with E-state index < -0.39 is 0 Å². The molecule has 3 aromatic heterocycles. The summed E-state index contributed by atoms with van der Waals surface area (Å²) in [5, 5.41) is 0. The van der Waals surface area contributed by atoms with Crippen LogP contribution in [-0.2, 0) is 0 Å². The van der Waals surface area contributed by atoms with Crippen LogP contribution >= 0.6 is 35.3 Å². The maximum Gasteiger partial charge on any atom is 0.116 e. The van der Waals surface area contributed by atoms with Crippen LogP contribution in [0.1, 0.15) is 20.8 Å². The van der Waals surface area contributed by atoms with E-state index in [1.54, 1.807) is 54.3 Å². The molecule has 0 aliphatic carbocycles. The van der Waals surface area contributed by atoms with Gasteiger partial charge in [-0.1, -0.05) is 71.7 Å². The minimum absolute atomic E-state index is 0.838. The van der Waals surface area contributed by atoms with Crippen molar-refractivity contribution in [3.8, 4) is 67.5 Å². The number of fused-ring (bicyclic) bond motifs is 18. The largest absolute Gasteiger partial charge is 0.340 e. The molecule has 0 atom stereocenters. The summed E-state index contributed by atoms with van der Waals surface area (Å²) in [5.74, 6) is 0. The third-order valence-corrected chi connectivity index (χ3v) is 16.2. The normalized spacial score (nSPS) is 13.6. The van der Waals surface area contributed by atoms with Gasteiger partial charge in [0, 0.05) is 82.4 Å². The molecule has 13 rings (SSSR count). The van der Waals surface area contributed by atoms with E-state index in [2.05, 4.69) is 163 Å². The highest BCUT2D eigenvalue weighted by Crippen LogP contribution is 2.53. The first kappa shape index (κ1) is 39.4. The summed E-state index contributed by atoms with van der Waals surface area (Å²) in [6.45, 7) is 9.14. The van der Waals surface area contributed by atoms with Crippen LogP contribution in [0.15, 0.2) is 176 Å². The maximum atomic E-state index is 4.81. The maximum absolute atomic E-state index is 4.81. The molecule has 6 aromatic carbocycles. The Bertz CT molecular complexity index is 2920. The van der Waals surface area contributed by atoms with E-state index in [4.69, 9.17) is 29.9 Å². The van der Waals surface area contributed by atoms with Crippen LogP contribution in [0, 0.1) is 0 Å². The van der Waals surface area contributed by atoms with Gasteiger partial charge in [0.2, 0.25) is 0 Å². The number of rotatable bonds is 3. The van der Waals surface area contributed by atoms with Crippen LogP contribution < -0.4 is 14.7 Å². The van der Waals surface area contributed by atoms with Gasteiger partial charge >= 0.3 is 0 Å². The van der Waals surface area contributed by atoms with Crippen molar-refractivity contribution in [2.45, 2.75) is 50.1 Å². The Morgan fingerprint density at radius 3 is 0.667 bits per heavy atom. The molecule has 12 heteroatoms. The van der Waals surface area contributed by atoms with Crippen molar-refractivity contribution < 1.29 is 0 Å². The Morgan fingerprint density at radius 1 is 0.288 bits per heavy atom.